The Hall–Kier alpha value is -2.57. The SMILES string of the molecule is CCOC(=O)c1coc(NCc2cccnc2OC)n1. The van der Waals surface area contributed by atoms with Crippen LogP contribution in [0.4, 0.5) is 6.01 Å². The number of nitrogens with one attached hydrogen (secondary N) is 1. The molecule has 0 aliphatic heterocycles. The summed E-state index contributed by atoms with van der Waals surface area (Å²) in [4.78, 5) is 19.5. The predicted molar refractivity (Wildman–Crippen MR) is 70.6 cm³/mol. The molecule has 0 aliphatic carbocycles. The van der Waals surface area contributed by atoms with E-state index >= 15 is 0 Å². The monoisotopic (exact) mass is 277 g/mol. The number of methoxy groups -OCH3 is 1. The standard InChI is InChI=1S/C13H15N3O4/c1-3-19-12(17)10-8-20-13(16-10)15-7-9-5-4-6-14-11(9)18-2/h4-6,8H,3,7H2,1-2H3,(H,15,16). The number of ether oxygens (including phenoxy) is 2. The smallest absolute Gasteiger partial charge is 0.360 e. The molecule has 0 aromatic carbocycles. The summed E-state index contributed by atoms with van der Waals surface area (Å²) < 4.78 is 15.1. The first-order chi connectivity index (χ1) is 9.74. The van der Waals surface area contributed by atoms with Gasteiger partial charge in [-0.05, 0) is 13.0 Å². The van der Waals surface area contributed by atoms with E-state index in [4.69, 9.17) is 13.9 Å². The van der Waals surface area contributed by atoms with Gasteiger partial charge < -0.3 is 19.2 Å². The molecule has 0 amide bonds. The fourth-order valence-corrected chi connectivity index (χ4v) is 1.57. The maximum atomic E-state index is 11.4. The summed E-state index contributed by atoms with van der Waals surface area (Å²) in [6.45, 7) is 2.44. The van der Waals surface area contributed by atoms with E-state index in [0.717, 1.165) is 5.56 Å². The highest BCUT2D eigenvalue weighted by atomic mass is 16.5. The number of carbonyl (C=O) groups excluding carboxylic acids is 1. The summed E-state index contributed by atoms with van der Waals surface area (Å²) in [5.41, 5.74) is 0.985. The van der Waals surface area contributed by atoms with E-state index in [1.54, 1.807) is 26.3 Å². The van der Waals surface area contributed by atoms with Gasteiger partial charge in [-0.2, -0.15) is 4.98 Å². The Labute approximate surface area is 115 Å². The number of oxazole rings is 1. The summed E-state index contributed by atoms with van der Waals surface area (Å²) in [5, 5.41) is 2.95. The van der Waals surface area contributed by atoms with Crippen LogP contribution in [0, 0.1) is 0 Å². The average Bonchev–Trinajstić information content (AvgIpc) is 2.94. The maximum Gasteiger partial charge on any atom is 0.360 e. The third-order valence-electron chi connectivity index (χ3n) is 2.46. The van der Waals surface area contributed by atoms with E-state index in [-0.39, 0.29) is 11.7 Å². The van der Waals surface area contributed by atoms with Gasteiger partial charge in [-0.1, -0.05) is 6.07 Å². The zero-order valence-electron chi connectivity index (χ0n) is 11.3. The van der Waals surface area contributed by atoms with Gasteiger partial charge in [0.1, 0.15) is 6.26 Å². The van der Waals surface area contributed by atoms with Crippen LogP contribution in [0.5, 0.6) is 5.88 Å². The lowest BCUT2D eigenvalue weighted by Gasteiger charge is -2.06. The quantitative estimate of drug-likeness (QED) is 0.806. The van der Waals surface area contributed by atoms with Crippen molar-refractivity contribution in [2.24, 2.45) is 0 Å². The van der Waals surface area contributed by atoms with Crippen molar-refractivity contribution >= 4 is 12.0 Å². The highest BCUT2D eigenvalue weighted by Gasteiger charge is 2.13. The minimum absolute atomic E-state index is 0.132. The minimum Gasteiger partial charge on any atom is -0.481 e. The first-order valence-electron chi connectivity index (χ1n) is 6.09. The van der Waals surface area contributed by atoms with Crippen molar-refractivity contribution in [2.75, 3.05) is 19.0 Å². The van der Waals surface area contributed by atoms with E-state index in [0.29, 0.717) is 19.0 Å². The van der Waals surface area contributed by atoms with Crippen molar-refractivity contribution < 1.29 is 18.7 Å². The van der Waals surface area contributed by atoms with Gasteiger partial charge in [-0.15, -0.1) is 0 Å². The van der Waals surface area contributed by atoms with Crippen molar-refractivity contribution in [1.82, 2.24) is 9.97 Å². The molecule has 0 saturated heterocycles. The number of anilines is 1. The summed E-state index contributed by atoms with van der Waals surface area (Å²) >= 11 is 0. The summed E-state index contributed by atoms with van der Waals surface area (Å²) in [6, 6.07) is 3.91. The molecular weight excluding hydrogens is 262 g/mol. The first kappa shape index (κ1) is 13.9. The Balaban J connectivity index is 1.99. The maximum absolute atomic E-state index is 11.4. The second kappa shape index (κ2) is 6.55. The molecule has 1 N–H and O–H groups in total. The number of hydrogen-bond acceptors (Lipinski definition) is 7. The molecule has 2 rings (SSSR count). The van der Waals surface area contributed by atoms with E-state index < -0.39 is 5.97 Å². The van der Waals surface area contributed by atoms with Crippen molar-refractivity contribution in [1.29, 1.82) is 0 Å². The third kappa shape index (κ3) is 3.25. The molecule has 0 atom stereocenters. The van der Waals surface area contributed by atoms with Gasteiger partial charge in [0.15, 0.2) is 5.69 Å². The van der Waals surface area contributed by atoms with Crippen LogP contribution in [-0.4, -0.2) is 29.7 Å². The van der Waals surface area contributed by atoms with Gasteiger partial charge in [0.25, 0.3) is 6.01 Å². The summed E-state index contributed by atoms with van der Waals surface area (Å²) in [6.07, 6.45) is 2.90. The van der Waals surface area contributed by atoms with E-state index in [2.05, 4.69) is 15.3 Å². The number of carbonyl (C=O) groups is 1. The highest BCUT2D eigenvalue weighted by molar-refractivity contribution is 5.87. The van der Waals surface area contributed by atoms with E-state index in [9.17, 15) is 4.79 Å². The fraction of sp³-hybridized carbons (Fsp3) is 0.308. The molecule has 0 unspecified atom stereocenters. The van der Waals surface area contributed by atoms with Gasteiger partial charge in [0, 0.05) is 18.3 Å². The van der Waals surface area contributed by atoms with Crippen LogP contribution in [0.3, 0.4) is 0 Å². The van der Waals surface area contributed by atoms with Gasteiger partial charge in [-0.3, -0.25) is 0 Å². The van der Waals surface area contributed by atoms with Crippen LogP contribution >= 0.6 is 0 Å². The predicted octanol–water partition coefficient (Wildman–Crippen LogP) is 1.87. The van der Waals surface area contributed by atoms with Gasteiger partial charge in [0.05, 0.1) is 13.7 Å². The molecule has 2 aromatic heterocycles. The lowest BCUT2D eigenvalue weighted by atomic mass is 10.3. The van der Waals surface area contributed by atoms with Crippen LogP contribution in [0.2, 0.25) is 0 Å². The molecule has 2 heterocycles. The average molecular weight is 277 g/mol. The Morgan fingerprint density at radius 1 is 1.50 bits per heavy atom. The second-order valence-corrected chi connectivity index (χ2v) is 3.78. The molecule has 0 saturated carbocycles. The first-order valence-corrected chi connectivity index (χ1v) is 6.09. The number of esters is 1. The lowest BCUT2D eigenvalue weighted by molar-refractivity contribution is 0.0519. The van der Waals surface area contributed by atoms with Gasteiger partial charge in [-0.25, -0.2) is 9.78 Å². The van der Waals surface area contributed by atoms with Crippen molar-refractivity contribution in [3.8, 4) is 5.88 Å². The number of pyridine rings is 1. The number of hydrogen-bond donors (Lipinski definition) is 1. The van der Waals surface area contributed by atoms with Crippen LogP contribution in [0.15, 0.2) is 29.0 Å². The highest BCUT2D eigenvalue weighted by Crippen LogP contribution is 2.16. The molecule has 7 nitrogen and oxygen atoms in total. The zero-order chi connectivity index (χ0) is 14.4. The summed E-state index contributed by atoms with van der Waals surface area (Å²) in [7, 11) is 1.55. The molecule has 0 bridgehead atoms. The molecular formula is C13H15N3O4. The Morgan fingerprint density at radius 2 is 2.35 bits per heavy atom. The molecule has 2 aromatic rings. The molecule has 0 radical (unpaired) electrons. The molecule has 0 aliphatic rings. The van der Waals surface area contributed by atoms with Crippen molar-refractivity contribution in [3.63, 3.8) is 0 Å². The Kier molecular flexibility index (Phi) is 4.54. The fourth-order valence-electron chi connectivity index (χ4n) is 1.57. The van der Waals surface area contributed by atoms with Crippen LogP contribution < -0.4 is 10.1 Å². The third-order valence-corrected chi connectivity index (χ3v) is 2.46. The second-order valence-electron chi connectivity index (χ2n) is 3.78. The normalized spacial score (nSPS) is 10.1. The minimum atomic E-state index is -0.511. The van der Waals surface area contributed by atoms with Crippen molar-refractivity contribution in [3.05, 3.63) is 35.9 Å². The van der Waals surface area contributed by atoms with Gasteiger partial charge >= 0.3 is 5.97 Å². The van der Waals surface area contributed by atoms with Gasteiger partial charge in [0.2, 0.25) is 5.88 Å². The number of aromatic nitrogens is 2. The molecule has 7 heteroatoms. The van der Waals surface area contributed by atoms with Crippen LogP contribution in [0.25, 0.3) is 0 Å². The van der Waals surface area contributed by atoms with Crippen LogP contribution in [0.1, 0.15) is 23.0 Å². The topological polar surface area (TPSA) is 86.5 Å². The molecule has 0 spiro atoms. The molecule has 20 heavy (non-hydrogen) atoms. The largest absolute Gasteiger partial charge is 0.481 e. The Bertz CT molecular complexity index is 583. The van der Waals surface area contributed by atoms with Crippen LogP contribution in [-0.2, 0) is 11.3 Å². The molecule has 0 fully saturated rings. The molecule has 106 valence electrons. The Morgan fingerprint density at radius 3 is 3.10 bits per heavy atom. The lowest BCUT2D eigenvalue weighted by Crippen LogP contribution is -2.06. The number of rotatable bonds is 6. The zero-order valence-corrected chi connectivity index (χ0v) is 11.3. The number of nitrogens with zero attached hydrogens (tertiary/aromatic N) is 2. The van der Waals surface area contributed by atoms with Crippen molar-refractivity contribution in [2.45, 2.75) is 13.5 Å². The summed E-state index contributed by atoms with van der Waals surface area (Å²) in [5.74, 6) is 0.0143. The van der Waals surface area contributed by atoms with E-state index in [1.165, 1.54) is 6.26 Å². The van der Waals surface area contributed by atoms with E-state index in [1.807, 2.05) is 6.07 Å².